The molecule has 6 heteroatoms. The highest BCUT2D eigenvalue weighted by molar-refractivity contribution is 7.80. The molecule has 0 fully saturated rings. The average Bonchev–Trinajstić information content (AvgIpc) is 2.51. The minimum Gasteiger partial charge on any atom is -0.485 e. The monoisotopic (exact) mass is 333 g/mol. The van der Waals surface area contributed by atoms with Crippen LogP contribution in [0.15, 0.2) is 34.1 Å². The largest absolute Gasteiger partial charge is 0.485 e. The number of hydrogen-bond donors (Lipinski definition) is 1. The fourth-order valence-corrected chi connectivity index (χ4v) is 2.97. The summed E-state index contributed by atoms with van der Waals surface area (Å²) in [7, 11) is 3.37. The van der Waals surface area contributed by atoms with Crippen molar-refractivity contribution in [2.75, 3.05) is 20.3 Å². The third kappa shape index (κ3) is 3.09. The van der Waals surface area contributed by atoms with Crippen LogP contribution < -0.4 is 15.0 Å². The molecule has 0 amide bonds. The summed E-state index contributed by atoms with van der Waals surface area (Å²) in [5.74, 6) is 1.32. The molecule has 122 valence electrons. The number of rotatable bonds is 3. The van der Waals surface area contributed by atoms with Gasteiger partial charge in [0.05, 0.1) is 6.61 Å². The van der Waals surface area contributed by atoms with Crippen LogP contribution in [0.2, 0.25) is 0 Å². The molecule has 2 heterocycles. The lowest BCUT2D eigenvalue weighted by molar-refractivity contribution is 0.0273. The van der Waals surface area contributed by atoms with Crippen molar-refractivity contribution in [3.8, 4) is 22.6 Å². The van der Waals surface area contributed by atoms with Crippen molar-refractivity contribution >= 4 is 12.6 Å². The Hall–Kier alpha value is -1.92. The molecule has 0 radical (unpaired) electrons. The van der Waals surface area contributed by atoms with Crippen LogP contribution in [0.25, 0.3) is 11.1 Å². The van der Waals surface area contributed by atoms with E-state index in [2.05, 4.69) is 12.6 Å². The summed E-state index contributed by atoms with van der Waals surface area (Å²) in [5.41, 5.74) is 2.42. The van der Waals surface area contributed by atoms with Gasteiger partial charge in [-0.2, -0.15) is 0 Å². The van der Waals surface area contributed by atoms with Gasteiger partial charge in [-0.05, 0) is 25.1 Å². The normalized spacial score (nSPS) is 16.4. The fraction of sp³-hybridized carbons (Fsp3) is 0.353. The lowest BCUT2D eigenvalue weighted by Gasteiger charge is -2.28. The first-order valence-corrected chi connectivity index (χ1v) is 7.77. The van der Waals surface area contributed by atoms with Crippen LogP contribution >= 0.6 is 12.6 Å². The number of aryl methyl sites for hydroxylation is 2. The summed E-state index contributed by atoms with van der Waals surface area (Å²) in [6, 6.07) is 5.61. The highest BCUT2D eigenvalue weighted by Gasteiger charge is 2.25. The Labute approximate surface area is 140 Å². The van der Waals surface area contributed by atoms with E-state index in [4.69, 9.17) is 14.2 Å². The van der Waals surface area contributed by atoms with Gasteiger partial charge in [0.2, 0.25) is 0 Å². The molecule has 0 spiro atoms. The van der Waals surface area contributed by atoms with Gasteiger partial charge in [0.25, 0.3) is 5.56 Å². The van der Waals surface area contributed by atoms with Gasteiger partial charge in [0, 0.05) is 41.9 Å². The lowest BCUT2D eigenvalue weighted by Crippen LogP contribution is -2.33. The van der Waals surface area contributed by atoms with Crippen molar-refractivity contribution < 1.29 is 14.2 Å². The van der Waals surface area contributed by atoms with Gasteiger partial charge in [-0.15, -0.1) is 12.6 Å². The van der Waals surface area contributed by atoms with E-state index >= 15 is 0 Å². The number of aromatic nitrogens is 1. The Bertz CT molecular complexity index is 774. The first-order valence-electron chi connectivity index (χ1n) is 7.32. The summed E-state index contributed by atoms with van der Waals surface area (Å²) in [6.07, 6.45) is 1.65. The van der Waals surface area contributed by atoms with E-state index in [-0.39, 0.29) is 11.7 Å². The number of benzene rings is 1. The van der Waals surface area contributed by atoms with Crippen LogP contribution in [0.1, 0.15) is 5.56 Å². The summed E-state index contributed by atoms with van der Waals surface area (Å²) in [4.78, 5) is 12.7. The molecule has 1 aliphatic rings. The molecule has 0 saturated carbocycles. The molecule has 0 saturated heterocycles. The maximum atomic E-state index is 11.9. The van der Waals surface area contributed by atoms with Crippen LogP contribution in [0, 0.1) is 6.92 Å². The summed E-state index contributed by atoms with van der Waals surface area (Å²) >= 11 is 4.46. The molecule has 2 aromatic rings. The molecular weight excluding hydrogens is 314 g/mol. The van der Waals surface area contributed by atoms with E-state index in [1.807, 2.05) is 18.2 Å². The fourth-order valence-electron chi connectivity index (χ4n) is 2.72. The number of pyridine rings is 1. The van der Waals surface area contributed by atoms with E-state index < -0.39 is 0 Å². The molecule has 1 aromatic heterocycles. The van der Waals surface area contributed by atoms with Gasteiger partial charge in [-0.25, -0.2) is 0 Å². The van der Waals surface area contributed by atoms with E-state index in [1.54, 1.807) is 31.8 Å². The zero-order chi connectivity index (χ0) is 16.6. The van der Waals surface area contributed by atoms with Crippen molar-refractivity contribution in [2.45, 2.75) is 17.9 Å². The zero-order valence-electron chi connectivity index (χ0n) is 13.3. The minimum atomic E-state index is -0.141. The summed E-state index contributed by atoms with van der Waals surface area (Å²) in [6.45, 7) is 2.68. The molecular formula is C17H19NO4S. The van der Waals surface area contributed by atoms with Gasteiger partial charge in [0.1, 0.15) is 6.61 Å². The highest BCUT2D eigenvalue weighted by atomic mass is 32.1. The van der Waals surface area contributed by atoms with Crippen molar-refractivity contribution in [3.63, 3.8) is 0 Å². The van der Waals surface area contributed by atoms with E-state index in [0.29, 0.717) is 30.3 Å². The maximum Gasteiger partial charge on any atom is 0.253 e. The smallest absolute Gasteiger partial charge is 0.253 e. The Morgan fingerprint density at radius 2 is 2.17 bits per heavy atom. The van der Waals surface area contributed by atoms with Crippen LogP contribution in [0.4, 0.5) is 0 Å². The second-order valence-corrected chi connectivity index (χ2v) is 6.17. The number of hydrogen-bond acceptors (Lipinski definition) is 5. The molecule has 5 nitrogen and oxygen atoms in total. The zero-order valence-corrected chi connectivity index (χ0v) is 14.2. The van der Waals surface area contributed by atoms with E-state index in [0.717, 1.165) is 16.0 Å². The molecule has 1 aliphatic heterocycles. The average molecular weight is 333 g/mol. The van der Waals surface area contributed by atoms with E-state index in [9.17, 15) is 4.79 Å². The van der Waals surface area contributed by atoms with Crippen molar-refractivity contribution in [1.82, 2.24) is 4.57 Å². The molecule has 0 bridgehead atoms. The van der Waals surface area contributed by atoms with E-state index in [1.165, 1.54) is 0 Å². The van der Waals surface area contributed by atoms with Crippen molar-refractivity contribution in [2.24, 2.45) is 7.05 Å². The second-order valence-electron chi connectivity index (χ2n) is 5.65. The standard InChI is InChI=1S/C17H19NO4S/c1-10-4-11(7-18(2)17(10)19)14-5-13(23)6-15-16(14)21-9-12(22-15)8-20-3/h4-7,12,23H,8-9H2,1-3H3. The lowest BCUT2D eigenvalue weighted by atomic mass is 10.0. The Morgan fingerprint density at radius 3 is 2.87 bits per heavy atom. The third-order valence-electron chi connectivity index (χ3n) is 3.77. The molecule has 0 N–H and O–H groups in total. The predicted octanol–water partition coefficient (Wildman–Crippen LogP) is 2.44. The molecule has 1 unspecified atom stereocenters. The predicted molar refractivity (Wildman–Crippen MR) is 90.9 cm³/mol. The van der Waals surface area contributed by atoms with Gasteiger partial charge in [-0.3, -0.25) is 4.79 Å². The molecule has 23 heavy (non-hydrogen) atoms. The van der Waals surface area contributed by atoms with Gasteiger partial charge >= 0.3 is 0 Å². The topological polar surface area (TPSA) is 49.7 Å². The maximum absolute atomic E-state index is 11.9. The van der Waals surface area contributed by atoms with Crippen molar-refractivity contribution in [1.29, 1.82) is 0 Å². The Morgan fingerprint density at radius 1 is 1.39 bits per heavy atom. The van der Waals surface area contributed by atoms with Crippen LogP contribution in [0.3, 0.4) is 0 Å². The number of ether oxygens (including phenoxy) is 3. The third-order valence-corrected chi connectivity index (χ3v) is 4.03. The van der Waals surface area contributed by atoms with Crippen LogP contribution in [-0.2, 0) is 11.8 Å². The first-order chi connectivity index (χ1) is 11.0. The Balaban J connectivity index is 2.10. The quantitative estimate of drug-likeness (QED) is 0.877. The minimum absolute atomic E-state index is 0.0121. The SMILES string of the molecule is COCC1COc2c(cc(S)cc2-c2cc(C)c(=O)n(C)c2)O1. The van der Waals surface area contributed by atoms with Gasteiger partial charge in [-0.1, -0.05) is 0 Å². The molecule has 1 aromatic carbocycles. The first kappa shape index (κ1) is 16.0. The number of thiol groups is 1. The summed E-state index contributed by atoms with van der Waals surface area (Å²) < 4.78 is 18.5. The van der Waals surface area contributed by atoms with Crippen LogP contribution in [-0.4, -0.2) is 31.0 Å². The molecule has 1 atom stereocenters. The number of methoxy groups -OCH3 is 1. The number of nitrogens with zero attached hydrogens (tertiary/aromatic N) is 1. The highest BCUT2D eigenvalue weighted by Crippen LogP contribution is 2.42. The second kappa shape index (κ2) is 6.29. The summed E-state index contributed by atoms with van der Waals surface area (Å²) in [5, 5.41) is 0. The Kier molecular flexibility index (Phi) is 4.37. The van der Waals surface area contributed by atoms with Gasteiger partial charge in [0.15, 0.2) is 17.6 Å². The molecule has 0 aliphatic carbocycles. The number of fused-ring (bicyclic) bond motifs is 1. The molecule has 3 rings (SSSR count). The van der Waals surface area contributed by atoms with Gasteiger partial charge < -0.3 is 18.8 Å². The van der Waals surface area contributed by atoms with Crippen LogP contribution in [0.5, 0.6) is 11.5 Å². The van der Waals surface area contributed by atoms with Crippen molar-refractivity contribution in [3.05, 3.63) is 40.3 Å².